The molecule has 0 saturated carbocycles. The zero-order valence-electron chi connectivity index (χ0n) is 21.4. The van der Waals surface area contributed by atoms with Crippen LogP contribution in [0, 0.1) is 0 Å². The zero-order chi connectivity index (χ0) is 25.1. The Balaban J connectivity index is 1.08. The van der Waals surface area contributed by atoms with Crippen molar-refractivity contribution in [1.29, 1.82) is 0 Å². The summed E-state index contributed by atoms with van der Waals surface area (Å²) >= 11 is 0. The first-order valence-corrected chi connectivity index (χ1v) is 13.1. The Morgan fingerprint density at radius 1 is 1.00 bits per heavy atom. The molecule has 0 aromatic heterocycles. The van der Waals surface area contributed by atoms with Crippen LogP contribution in [0.1, 0.15) is 36.0 Å². The Morgan fingerprint density at radius 3 is 2.53 bits per heavy atom. The van der Waals surface area contributed by atoms with Crippen LogP contribution in [-0.2, 0) is 4.79 Å². The molecule has 0 aliphatic carbocycles. The summed E-state index contributed by atoms with van der Waals surface area (Å²) in [5.41, 5.74) is 3.74. The summed E-state index contributed by atoms with van der Waals surface area (Å²) < 4.78 is 5.25. The third-order valence-corrected chi connectivity index (χ3v) is 7.77. The molecule has 0 bridgehead atoms. The van der Waals surface area contributed by atoms with Crippen LogP contribution in [0.25, 0.3) is 0 Å². The van der Waals surface area contributed by atoms with Crippen molar-refractivity contribution in [2.45, 2.75) is 31.7 Å². The zero-order valence-corrected chi connectivity index (χ0v) is 21.4. The molecule has 2 aromatic carbocycles. The number of fused-ring (bicyclic) bond motifs is 3. The van der Waals surface area contributed by atoms with Crippen molar-refractivity contribution in [3.63, 3.8) is 0 Å². The van der Waals surface area contributed by atoms with Gasteiger partial charge in [-0.3, -0.25) is 14.5 Å². The van der Waals surface area contributed by atoms with E-state index in [1.54, 1.807) is 12.0 Å². The van der Waals surface area contributed by atoms with Crippen molar-refractivity contribution in [2.24, 2.45) is 0 Å². The number of nitrogens with zero attached hydrogens (tertiary/aromatic N) is 4. The van der Waals surface area contributed by atoms with Gasteiger partial charge in [0.2, 0.25) is 5.91 Å². The fourth-order valence-electron chi connectivity index (χ4n) is 5.62. The minimum Gasteiger partial charge on any atom is -0.497 e. The van der Waals surface area contributed by atoms with Gasteiger partial charge in [-0.1, -0.05) is 0 Å². The maximum Gasteiger partial charge on any atom is 0.251 e. The summed E-state index contributed by atoms with van der Waals surface area (Å²) in [5, 5.41) is 3.07. The Hall–Kier alpha value is -3.26. The molecule has 2 amide bonds. The SMILES string of the molecule is COc1ccc(N2CCN(CCCNC(=O)c3ccc4c(c3)N(C)C(=O)C3CCCCN43)CC2)cc1. The van der Waals surface area contributed by atoms with Gasteiger partial charge in [0.05, 0.1) is 18.5 Å². The number of amides is 2. The van der Waals surface area contributed by atoms with Gasteiger partial charge in [-0.05, 0) is 74.7 Å². The van der Waals surface area contributed by atoms with E-state index in [1.807, 2.05) is 37.4 Å². The molecule has 3 heterocycles. The molecule has 36 heavy (non-hydrogen) atoms. The van der Waals surface area contributed by atoms with Crippen LogP contribution >= 0.6 is 0 Å². The normalized spacial score (nSPS) is 20.1. The number of piperidine rings is 1. The van der Waals surface area contributed by atoms with E-state index < -0.39 is 0 Å². The van der Waals surface area contributed by atoms with Gasteiger partial charge in [-0.2, -0.15) is 0 Å². The average molecular weight is 492 g/mol. The van der Waals surface area contributed by atoms with E-state index in [2.05, 4.69) is 32.1 Å². The number of benzene rings is 2. The predicted octanol–water partition coefficient (Wildman–Crippen LogP) is 2.97. The van der Waals surface area contributed by atoms with Gasteiger partial charge in [-0.15, -0.1) is 0 Å². The Bertz CT molecular complexity index is 1080. The second kappa shape index (κ2) is 10.8. The van der Waals surface area contributed by atoms with Crippen LogP contribution < -0.4 is 24.8 Å². The number of likely N-dealkylation sites (N-methyl/N-ethyl adjacent to an activating group) is 1. The van der Waals surface area contributed by atoms with Crippen molar-refractivity contribution in [1.82, 2.24) is 10.2 Å². The van der Waals surface area contributed by atoms with Gasteiger partial charge < -0.3 is 24.8 Å². The number of carbonyl (C=O) groups is 2. The standard InChI is InChI=1S/C28H37N5O3/c1-30-26-20-21(7-12-24(26)33-15-4-3-6-25(33)28(30)35)27(34)29-13-5-14-31-16-18-32(19-17-31)22-8-10-23(36-2)11-9-22/h7-12,20,25H,3-6,13-19H2,1-2H3,(H,29,34). The molecule has 8 heteroatoms. The van der Waals surface area contributed by atoms with E-state index in [0.717, 1.165) is 82.1 Å². The molecule has 0 radical (unpaired) electrons. The van der Waals surface area contributed by atoms with Gasteiger partial charge in [0.25, 0.3) is 5.91 Å². The lowest BCUT2D eigenvalue weighted by atomic mass is 9.96. The molecule has 192 valence electrons. The summed E-state index contributed by atoms with van der Waals surface area (Å²) in [7, 11) is 3.51. The molecule has 3 aliphatic heterocycles. The van der Waals surface area contributed by atoms with E-state index in [0.29, 0.717) is 12.1 Å². The summed E-state index contributed by atoms with van der Waals surface area (Å²) in [4.78, 5) is 34.5. The molecule has 2 saturated heterocycles. The molecule has 1 unspecified atom stereocenters. The van der Waals surface area contributed by atoms with Crippen molar-refractivity contribution >= 4 is 28.9 Å². The molecule has 1 atom stereocenters. The van der Waals surface area contributed by atoms with Gasteiger partial charge in [0, 0.05) is 57.6 Å². The fraction of sp³-hybridized carbons (Fsp3) is 0.500. The van der Waals surface area contributed by atoms with Gasteiger partial charge in [-0.25, -0.2) is 0 Å². The number of hydrogen-bond acceptors (Lipinski definition) is 6. The monoisotopic (exact) mass is 491 g/mol. The molecule has 0 spiro atoms. The molecule has 3 aliphatic rings. The van der Waals surface area contributed by atoms with E-state index in [1.165, 1.54) is 5.69 Å². The largest absolute Gasteiger partial charge is 0.497 e. The Labute approximate surface area is 213 Å². The molecular weight excluding hydrogens is 454 g/mol. The minimum atomic E-state index is -0.0799. The number of anilines is 3. The molecule has 2 fully saturated rings. The number of ether oxygens (including phenoxy) is 1. The van der Waals surface area contributed by atoms with Crippen LogP contribution in [0.3, 0.4) is 0 Å². The molecule has 8 nitrogen and oxygen atoms in total. The Morgan fingerprint density at radius 2 is 1.78 bits per heavy atom. The van der Waals surface area contributed by atoms with Gasteiger partial charge in [0.1, 0.15) is 11.8 Å². The Kier molecular flexibility index (Phi) is 7.32. The maximum absolute atomic E-state index is 12.9. The second-order valence-corrected chi connectivity index (χ2v) is 9.94. The van der Waals surface area contributed by atoms with Crippen molar-refractivity contribution < 1.29 is 14.3 Å². The van der Waals surface area contributed by atoms with Crippen LogP contribution in [0.4, 0.5) is 17.1 Å². The predicted molar refractivity (Wildman–Crippen MR) is 143 cm³/mol. The first kappa shape index (κ1) is 24.4. The van der Waals surface area contributed by atoms with Crippen molar-refractivity contribution in [3.05, 3.63) is 48.0 Å². The van der Waals surface area contributed by atoms with Crippen LogP contribution in [0.15, 0.2) is 42.5 Å². The number of piperazine rings is 1. The highest BCUT2D eigenvalue weighted by Crippen LogP contribution is 2.39. The number of carbonyl (C=O) groups excluding carboxylic acids is 2. The maximum atomic E-state index is 12.9. The highest BCUT2D eigenvalue weighted by molar-refractivity contribution is 6.07. The summed E-state index contributed by atoms with van der Waals surface area (Å²) in [5.74, 6) is 0.932. The third-order valence-electron chi connectivity index (χ3n) is 7.77. The van der Waals surface area contributed by atoms with E-state index in [9.17, 15) is 9.59 Å². The van der Waals surface area contributed by atoms with Crippen LogP contribution in [0.5, 0.6) is 5.75 Å². The summed E-state index contributed by atoms with van der Waals surface area (Å²) in [6, 6.07) is 13.9. The first-order valence-electron chi connectivity index (χ1n) is 13.1. The summed E-state index contributed by atoms with van der Waals surface area (Å²) in [6.07, 6.45) is 4.01. The first-order chi connectivity index (χ1) is 17.5. The van der Waals surface area contributed by atoms with Crippen LogP contribution in [-0.4, -0.2) is 82.7 Å². The van der Waals surface area contributed by atoms with Crippen molar-refractivity contribution in [3.8, 4) is 5.75 Å². The minimum absolute atomic E-state index is 0.0611. The van der Waals surface area contributed by atoms with E-state index in [4.69, 9.17) is 4.74 Å². The van der Waals surface area contributed by atoms with E-state index >= 15 is 0 Å². The average Bonchev–Trinajstić information content (AvgIpc) is 2.94. The van der Waals surface area contributed by atoms with E-state index in [-0.39, 0.29) is 17.9 Å². The summed E-state index contributed by atoms with van der Waals surface area (Å²) in [6.45, 7) is 6.53. The lowest BCUT2D eigenvalue weighted by molar-refractivity contribution is -0.120. The molecule has 1 N–H and O–H groups in total. The molecular formula is C28H37N5O3. The highest BCUT2D eigenvalue weighted by atomic mass is 16.5. The van der Waals surface area contributed by atoms with Crippen LogP contribution in [0.2, 0.25) is 0 Å². The second-order valence-electron chi connectivity index (χ2n) is 9.94. The lowest BCUT2D eigenvalue weighted by Gasteiger charge is -2.44. The fourth-order valence-corrected chi connectivity index (χ4v) is 5.62. The van der Waals surface area contributed by atoms with Gasteiger partial charge >= 0.3 is 0 Å². The van der Waals surface area contributed by atoms with Crippen molar-refractivity contribution in [2.75, 3.05) is 74.7 Å². The smallest absolute Gasteiger partial charge is 0.251 e. The van der Waals surface area contributed by atoms with Gasteiger partial charge in [0.15, 0.2) is 0 Å². The molecule has 5 rings (SSSR count). The number of nitrogens with one attached hydrogen (secondary N) is 1. The number of rotatable bonds is 7. The quantitative estimate of drug-likeness (QED) is 0.601. The highest BCUT2D eigenvalue weighted by Gasteiger charge is 2.38. The third kappa shape index (κ3) is 5.00. The molecule has 2 aromatic rings. The topological polar surface area (TPSA) is 68.4 Å². The lowest BCUT2D eigenvalue weighted by Crippen LogP contribution is -2.54. The number of methoxy groups -OCH3 is 1. The number of hydrogen-bond donors (Lipinski definition) is 1.